The highest BCUT2D eigenvalue weighted by molar-refractivity contribution is 5.95. The van der Waals surface area contributed by atoms with Crippen LogP contribution in [0.25, 0.3) is 15.6 Å². The van der Waals surface area contributed by atoms with Crippen LogP contribution in [0.1, 0.15) is 31.0 Å². The molecule has 6 rings (SSSR count). The highest BCUT2D eigenvalue weighted by Crippen LogP contribution is 2.37. The van der Waals surface area contributed by atoms with Gasteiger partial charge in [-0.3, -0.25) is 9.69 Å². The highest BCUT2D eigenvalue weighted by atomic mass is 19.1. The third-order valence-corrected chi connectivity index (χ3v) is 9.18. The number of anilines is 2. The van der Waals surface area contributed by atoms with Crippen molar-refractivity contribution in [3.8, 4) is 11.8 Å². The lowest BCUT2D eigenvalue weighted by Gasteiger charge is -2.41. The van der Waals surface area contributed by atoms with Crippen molar-refractivity contribution in [2.75, 3.05) is 62.9 Å². The van der Waals surface area contributed by atoms with Crippen LogP contribution in [0.15, 0.2) is 48.6 Å². The molecule has 1 aromatic heterocycles. The molecule has 10 nitrogen and oxygen atoms in total. The SMILES string of the molecule is [C-]#[N+]C[C@H]1CN(c2nc(OC[C@@H](C)N(C)C3CC3)nc3c2CCN(c2cc(O)cc4ccccc24)C3)CCN1C(=O)/C=C/CF. The van der Waals surface area contributed by atoms with Gasteiger partial charge in [0.2, 0.25) is 12.5 Å². The fourth-order valence-electron chi connectivity index (χ4n) is 6.45. The first-order chi connectivity index (χ1) is 21.9. The number of phenols is 1. The number of nitrogens with zero attached hydrogens (tertiary/aromatic N) is 7. The molecular weight excluding hydrogens is 573 g/mol. The second-order valence-corrected chi connectivity index (χ2v) is 12.2. The number of benzene rings is 2. The second-order valence-electron chi connectivity index (χ2n) is 12.2. The Bertz CT molecular complexity index is 1620. The molecule has 3 aliphatic rings. The van der Waals surface area contributed by atoms with Gasteiger partial charge >= 0.3 is 6.01 Å². The van der Waals surface area contributed by atoms with Gasteiger partial charge in [-0.2, -0.15) is 9.97 Å². The number of carbonyl (C=O) groups excluding carboxylic acids is 1. The smallest absolute Gasteiger partial charge is 0.318 e. The first-order valence-corrected chi connectivity index (χ1v) is 15.7. The predicted octanol–water partition coefficient (Wildman–Crippen LogP) is 4.22. The van der Waals surface area contributed by atoms with Crippen molar-refractivity contribution >= 4 is 28.2 Å². The molecule has 0 unspecified atom stereocenters. The predicted molar refractivity (Wildman–Crippen MR) is 172 cm³/mol. The second kappa shape index (κ2) is 13.3. The fraction of sp³-hybridized carbons (Fsp3) is 0.471. The summed E-state index contributed by atoms with van der Waals surface area (Å²) < 4.78 is 19.0. The lowest BCUT2D eigenvalue weighted by atomic mass is 10.0. The number of rotatable bonds is 10. The number of alkyl halides is 1. The zero-order valence-electron chi connectivity index (χ0n) is 25.9. The topological polar surface area (TPSA) is 89.6 Å². The van der Waals surface area contributed by atoms with Crippen LogP contribution in [0.2, 0.25) is 0 Å². The molecule has 3 heterocycles. The van der Waals surface area contributed by atoms with E-state index >= 15 is 0 Å². The molecular formula is C34H40FN7O3. The number of hydrogen-bond acceptors (Lipinski definition) is 8. The van der Waals surface area contributed by atoms with Crippen molar-refractivity contribution in [1.29, 1.82) is 0 Å². The number of likely N-dealkylation sites (N-methyl/N-ethyl adjacent to an activating group) is 1. The van der Waals surface area contributed by atoms with Gasteiger partial charge in [0, 0.05) is 67.0 Å². The Kier molecular flexibility index (Phi) is 9.03. The fourth-order valence-corrected chi connectivity index (χ4v) is 6.45. The molecule has 11 heteroatoms. The van der Waals surface area contributed by atoms with E-state index in [1.54, 1.807) is 11.0 Å². The number of allylic oxidation sites excluding steroid dienone is 1. The molecule has 45 heavy (non-hydrogen) atoms. The molecule has 1 saturated carbocycles. The van der Waals surface area contributed by atoms with Crippen LogP contribution in [0, 0.1) is 6.57 Å². The number of ether oxygens (including phenoxy) is 1. The highest BCUT2D eigenvalue weighted by Gasteiger charge is 2.35. The van der Waals surface area contributed by atoms with Gasteiger partial charge in [-0.25, -0.2) is 11.0 Å². The van der Waals surface area contributed by atoms with E-state index in [0.29, 0.717) is 57.8 Å². The van der Waals surface area contributed by atoms with Gasteiger partial charge in [0.25, 0.3) is 0 Å². The largest absolute Gasteiger partial charge is 0.508 e. The summed E-state index contributed by atoms with van der Waals surface area (Å²) in [5, 5.41) is 12.6. The standard InChI is InChI=1S/C34H40FN7O3/c1-23(39(3)25-10-11-25)22-45-34-37-30-21-40(31-18-27(43)17-24-7-4-5-8-28(24)31)14-12-29(30)33(38-34)41-15-16-42(26(20-41)19-36-2)32(44)9-6-13-35/h4-9,17-18,23,25-26,43H,10-16,19-22H2,1,3H3/b9-6+/t23-,26+/m1/s1. The number of phenolic OH excluding ortho intramolecular Hbond substituents is 1. The number of carbonyl (C=O) groups is 1. The molecule has 236 valence electrons. The minimum Gasteiger partial charge on any atom is -0.508 e. The first-order valence-electron chi connectivity index (χ1n) is 15.7. The number of hydrogen-bond donors (Lipinski definition) is 1. The van der Waals surface area contributed by atoms with Crippen LogP contribution in [-0.4, -0.2) is 102 Å². The molecule has 2 aromatic carbocycles. The van der Waals surface area contributed by atoms with E-state index < -0.39 is 6.67 Å². The Hall–Kier alpha value is -4.43. The summed E-state index contributed by atoms with van der Waals surface area (Å²) >= 11 is 0. The summed E-state index contributed by atoms with van der Waals surface area (Å²) in [6.07, 6.45) is 5.57. The van der Waals surface area contributed by atoms with E-state index in [4.69, 9.17) is 21.3 Å². The molecule has 3 aromatic rings. The van der Waals surface area contributed by atoms with Crippen molar-refractivity contribution in [3.05, 3.63) is 71.2 Å². The van der Waals surface area contributed by atoms with E-state index in [-0.39, 0.29) is 30.3 Å². The third kappa shape index (κ3) is 6.66. The van der Waals surface area contributed by atoms with Gasteiger partial charge in [-0.15, -0.1) is 0 Å². The first kappa shape index (κ1) is 30.6. The van der Waals surface area contributed by atoms with E-state index in [2.05, 4.69) is 39.6 Å². The van der Waals surface area contributed by atoms with Crippen LogP contribution in [0.4, 0.5) is 15.9 Å². The van der Waals surface area contributed by atoms with Gasteiger partial charge in [-0.1, -0.05) is 24.3 Å². The normalized spacial score (nSPS) is 19.2. The van der Waals surface area contributed by atoms with Gasteiger partial charge in [0.1, 0.15) is 30.9 Å². The van der Waals surface area contributed by atoms with Crippen LogP contribution >= 0.6 is 0 Å². The zero-order chi connectivity index (χ0) is 31.5. The number of fused-ring (bicyclic) bond motifs is 2. The average molecular weight is 614 g/mol. The van der Waals surface area contributed by atoms with E-state index in [1.807, 2.05) is 24.3 Å². The van der Waals surface area contributed by atoms with Crippen molar-refractivity contribution in [1.82, 2.24) is 19.8 Å². The summed E-state index contributed by atoms with van der Waals surface area (Å²) in [5.74, 6) is 0.715. The summed E-state index contributed by atoms with van der Waals surface area (Å²) in [7, 11) is 2.13. The van der Waals surface area contributed by atoms with Crippen molar-refractivity contribution in [3.63, 3.8) is 0 Å². The molecule has 1 amide bonds. The van der Waals surface area contributed by atoms with E-state index in [9.17, 15) is 14.3 Å². The molecule has 2 atom stereocenters. The Morgan fingerprint density at radius 1 is 1.22 bits per heavy atom. The lowest BCUT2D eigenvalue weighted by Crippen LogP contribution is -2.56. The maximum atomic E-state index is 12.8. The monoisotopic (exact) mass is 613 g/mol. The van der Waals surface area contributed by atoms with Crippen molar-refractivity contribution < 1.29 is 19.0 Å². The molecule has 1 aliphatic carbocycles. The summed E-state index contributed by atoms with van der Waals surface area (Å²) in [6.45, 7) is 12.1. The minimum atomic E-state index is -0.709. The quantitative estimate of drug-likeness (QED) is 0.269. The Morgan fingerprint density at radius 2 is 2.04 bits per heavy atom. The molecule has 0 radical (unpaired) electrons. The Labute approximate surface area is 263 Å². The van der Waals surface area contributed by atoms with Gasteiger partial charge in [-0.05, 0) is 50.8 Å². The maximum absolute atomic E-state index is 12.8. The summed E-state index contributed by atoms with van der Waals surface area (Å²) in [5.41, 5.74) is 2.84. The van der Waals surface area contributed by atoms with E-state index in [0.717, 1.165) is 33.5 Å². The zero-order valence-corrected chi connectivity index (χ0v) is 25.9. The number of aromatic nitrogens is 2. The maximum Gasteiger partial charge on any atom is 0.318 e. The molecule has 0 spiro atoms. The van der Waals surface area contributed by atoms with Crippen LogP contribution in [0.3, 0.4) is 0 Å². The lowest BCUT2D eigenvalue weighted by molar-refractivity contribution is -0.128. The molecule has 2 fully saturated rings. The van der Waals surface area contributed by atoms with Crippen molar-refractivity contribution in [2.24, 2.45) is 0 Å². The molecule has 2 aliphatic heterocycles. The van der Waals surface area contributed by atoms with Crippen LogP contribution in [-0.2, 0) is 17.8 Å². The van der Waals surface area contributed by atoms with Gasteiger partial charge < -0.3 is 29.4 Å². The summed E-state index contributed by atoms with van der Waals surface area (Å²) in [6, 6.07) is 12.4. The minimum absolute atomic E-state index is 0.145. The number of amides is 1. The summed E-state index contributed by atoms with van der Waals surface area (Å²) in [4.78, 5) is 34.7. The van der Waals surface area contributed by atoms with E-state index in [1.165, 1.54) is 25.0 Å². The third-order valence-electron chi connectivity index (χ3n) is 9.18. The van der Waals surface area contributed by atoms with Crippen molar-refractivity contribution in [2.45, 2.75) is 50.9 Å². The van der Waals surface area contributed by atoms with Gasteiger partial charge in [0.05, 0.1) is 12.2 Å². The Balaban J connectivity index is 1.31. The van der Waals surface area contributed by atoms with Crippen LogP contribution < -0.4 is 14.5 Å². The molecule has 1 N–H and O–H groups in total. The Morgan fingerprint density at radius 3 is 2.82 bits per heavy atom. The number of aromatic hydroxyl groups is 1. The van der Waals surface area contributed by atoms with Crippen LogP contribution in [0.5, 0.6) is 11.8 Å². The molecule has 1 saturated heterocycles. The average Bonchev–Trinajstić information content (AvgIpc) is 3.90. The number of piperazine rings is 1. The van der Waals surface area contributed by atoms with Gasteiger partial charge in [0.15, 0.2) is 0 Å². The molecule has 0 bridgehead atoms. The number of halogens is 1.